The first kappa shape index (κ1) is 21.8. The first-order valence-corrected chi connectivity index (χ1v) is 12.7. The molecule has 0 saturated heterocycles. The predicted molar refractivity (Wildman–Crippen MR) is 120 cm³/mol. The summed E-state index contributed by atoms with van der Waals surface area (Å²) in [5.41, 5.74) is -0.00229. The van der Waals surface area contributed by atoms with Crippen LogP contribution in [0.3, 0.4) is 0 Å². The zero-order chi connectivity index (χ0) is 23.1. The molecule has 0 spiro atoms. The standard InChI is InChI=1S/C19H18N5O6PS/c1-32(29,30)23-13-7-8-14-16(9-13)31(27,28)22-18(21-14)17-15(25)10-20-24(19(17)26)11-12-5-3-2-4-6-12/h2-10,23,25H,11H2,1H3,(H2,21,22,27,28). The third-order valence-electron chi connectivity index (χ3n) is 4.54. The van der Waals surface area contributed by atoms with Crippen molar-refractivity contribution in [2.75, 3.05) is 16.3 Å². The molecule has 1 atom stereocenters. The van der Waals surface area contributed by atoms with Crippen molar-refractivity contribution in [1.82, 2.24) is 9.78 Å². The molecule has 1 aliphatic rings. The molecule has 2 heterocycles. The molecule has 0 amide bonds. The van der Waals surface area contributed by atoms with E-state index in [9.17, 15) is 27.8 Å². The van der Waals surface area contributed by atoms with Gasteiger partial charge in [0.15, 0.2) is 11.6 Å². The molecule has 0 saturated carbocycles. The third-order valence-corrected chi connectivity index (χ3v) is 6.61. The maximum atomic E-state index is 13.0. The van der Waals surface area contributed by atoms with E-state index in [1.54, 1.807) is 24.3 Å². The Balaban J connectivity index is 1.76. The molecule has 4 N–H and O–H groups in total. The number of benzene rings is 2. The van der Waals surface area contributed by atoms with Gasteiger partial charge in [-0.3, -0.25) is 14.1 Å². The fourth-order valence-electron chi connectivity index (χ4n) is 3.18. The number of aromatic nitrogens is 2. The zero-order valence-corrected chi connectivity index (χ0v) is 18.3. The fourth-order valence-corrected chi connectivity index (χ4v) is 5.02. The topological polar surface area (TPSA) is 163 Å². The second kappa shape index (κ2) is 7.90. The van der Waals surface area contributed by atoms with Crippen molar-refractivity contribution in [2.24, 2.45) is 4.76 Å². The van der Waals surface area contributed by atoms with Crippen molar-refractivity contribution in [1.29, 1.82) is 0 Å². The largest absolute Gasteiger partial charge is 0.505 e. The molecule has 0 radical (unpaired) electrons. The Labute approximate surface area is 182 Å². The summed E-state index contributed by atoms with van der Waals surface area (Å²) in [6.07, 6.45) is 2.01. The lowest BCUT2D eigenvalue weighted by Gasteiger charge is -2.23. The van der Waals surface area contributed by atoms with Gasteiger partial charge >= 0.3 is 7.52 Å². The second-order valence-corrected chi connectivity index (χ2v) is 10.6. The van der Waals surface area contributed by atoms with Crippen molar-refractivity contribution in [3.63, 3.8) is 0 Å². The molecule has 0 fully saturated rings. The minimum Gasteiger partial charge on any atom is -0.505 e. The number of nitrogens with one attached hydrogen (secondary N) is 2. The van der Waals surface area contributed by atoms with Crippen LogP contribution in [0, 0.1) is 0 Å². The van der Waals surface area contributed by atoms with Crippen molar-refractivity contribution in [3.8, 4) is 5.75 Å². The molecule has 13 heteroatoms. The van der Waals surface area contributed by atoms with Crippen LogP contribution in [0.4, 0.5) is 11.4 Å². The van der Waals surface area contributed by atoms with Crippen molar-refractivity contribution >= 4 is 40.1 Å². The first-order valence-electron chi connectivity index (χ1n) is 9.19. The first-order chi connectivity index (χ1) is 15.0. The average molecular weight is 475 g/mol. The Hall–Kier alpha value is -3.47. The maximum absolute atomic E-state index is 13.0. The Morgan fingerprint density at radius 1 is 1.19 bits per heavy atom. The molecule has 1 unspecified atom stereocenters. The molecule has 1 aliphatic heterocycles. The van der Waals surface area contributed by atoms with Crippen LogP contribution in [0.1, 0.15) is 11.1 Å². The van der Waals surface area contributed by atoms with Crippen molar-refractivity contribution < 1.29 is 23.0 Å². The quantitative estimate of drug-likeness (QED) is 0.398. The summed E-state index contributed by atoms with van der Waals surface area (Å²) in [7, 11) is -8.00. The van der Waals surface area contributed by atoms with E-state index in [0.29, 0.717) is 0 Å². The van der Waals surface area contributed by atoms with Crippen LogP contribution < -0.4 is 20.9 Å². The Bertz CT molecular complexity index is 1450. The van der Waals surface area contributed by atoms with Gasteiger partial charge in [-0.1, -0.05) is 30.3 Å². The van der Waals surface area contributed by atoms with E-state index in [2.05, 4.69) is 19.9 Å². The lowest BCUT2D eigenvalue weighted by Crippen LogP contribution is -2.34. The van der Waals surface area contributed by atoms with Gasteiger partial charge in [0.25, 0.3) is 5.56 Å². The number of hydrogen-bond donors (Lipinski definition) is 4. The molecule has 4 rings (SSSR count). The zero-order valence-electron chi connectivity index (χ0n) is 16.6. The highest BCUT2D eigenvalue weighted by molar-refractivity contribution is 7.92. The summed E-state index contributed by atoms with van der Waals surface area (Å²) in [5, 5.41) is 16.8. The van der Waals surface area contributed by atoms with Crippen LogP contribution in [-0.2, 0) is 21.1 Å². The van der Waals surface area contributed by atoms with Crippen LogP contribution in [0.2, 0.25) is 0 Å². The van der Waals surface area contributed by atoms with Gasteiger partial charge < -0.3 is 15.3 Å². The highest BCUT2D eigenvalue weighted by atomic mass is 32.2. The van der Waals surface area contributed by atoms with Crippen LogP contribution in [0.5, 0.6) is 5.75 Å². The molecule has 2 aromatic carbocycles. The molecule has 1 aromatic heterocycles. The number of aromatic hydroxyl groups is 1. The number of amidine groups is 1. The van der Waals surface area contributed by atoms with Crippen molar-refractivity contribution in [3.05, 3.63) is 76.2 Å². The monoisotopic (exact) mass is 475 g/mol. The summed E-state index contributed by atoms with van der Waals surface area (Å²) in [6, 6.07) is 13.0. The van der Waals surface area contributed by atoms with E-state index in [-0.39, 0.29) is 34.6 Å². The fraction of sp³-hybridized carbons (Fsp3) is 0.105. The number of anilines is 2. The maximum Gasteiger partial charge on any atom is 0.346 e. The molecule has 32 heavy (non-hydrogen) atoms. The van der Waals surface area contributed by atoms with Crippen LogP contribution >= 0.6 is 7.52 Å². The summed E-state index contributed by atoms with van der Waals surface area (Å²) in [5.74, 6) is -0.803. The van der Waals surface area contributed by atoms with Gasteiger partial charge in [0.2, 0.25) is 10.0 Å². The van der Waals surface area contributed by atoms with E-state index in [1.165, 1.54) is 18.2 Å². The van der Waals surface area contributed by atoms with E-state index in [0.717, 1.165) is 22.7 Å². The molecular weight excluding hydrogens is 457 g/mol. The normalized spacial score (nSPS) is 17.8. The smallest absolute Gasteiger partial charge is 0.346 e. The molecule has 3 aromatic rings. The second-order valence-electron chi connectivity index (χ2n) is 7.08. The number of rotatable bonds is 5. The van der Waals surface area contributed by atoms with Crippen molar-refractivity contribution in [2.45, 2.75) is 6.54 Å². The van der Waals surface area contributed by atoms with Gasteiger partial charge in [0.1, 0.15) is 5.56 Å². The molecular formula is C19H18N5O6PS. The lowest BCUT2D eigenvalue weighted by atomic mass is 10.2. The number of nitrogens with zero attached hydrogens (tertiary/aromatic N) is 3. The Morgan fingerprint density at radius 3 is 2.59 bits per heavy atom. The Morgan fingerprint density at radius 2 is 1.91 bits per heavy atom. The van der Waals surface area contributed by atoms with E-state index >= 15 is 0 Å². The lowest BCUT2D eigenvalue weighted by molar-refractivity contribution is 0.460. The van der Waals surface area contributed by atoms with Crippen LogP contribution in [0.25, 0.3) is 0 Å². The third kappa shape index (κ3) is 4.42. The van der Waals surface area contributed by atoms with Gasteiger partial charge in [-0.15, -0.1) is 0 Å². The number of fused-ring (bicyclic) bond motifs is 1. The minimum absolute atomic E-state index is 0.0814. The molecule has 0 bridgehead atoms. The summed E-state index contributed by atoms with van der Waals surface area (Å²) < 4.78 is 42.9. The van der Waals surface area contributed by atoms with Gasteiger partial charge in [-0.25, -0.2) is 13.1 Å². The number of sulfonamides is 1. The predicted octanol–water partition coefficient (Wildman–Crippen LogP) is 1.05. The highest BCUT2D eigenvalue weighted by Crippen LogP contribution is 2.47. The summed E-state index contributed by atoms with van der Waals surface area (Å²) in [4.78, 5) is 23.5. The minimum atomic E-state index is -4.40. The SMILES string of the molecule is CS(=O)(=O)Nc1ccc2c(c1)P(=O)(O)N=C(c1c(O)cnn(Cc3ccccc3)c1=O)N2. The van der Waals surface area contributed by atoms with Crippen LogP contribution in [0.15, 0.2) is 64.3 Å². The van der Waals surface area contributed by atoms with Gasteiger partial charge in [-0.05, 0) is 23.8 Å². The van der Waals surface area contributed by atoms with E-state index < -0.39 is 28.9 Å². The average Bonchev–Trinajstić information content (AvgIpc) is 2.70. The van der Waals surface area contributed by atoms with Gasteiger partial charge in [0.05, 0.1) is 30.0 Å². The molecule has 0 aliphatic carbocycles. The summed E-state index contributed by atoms with van der Waals surface area (Å²) in [6.45, 7) is 0.119. The van der Waals surface area contributed by atoms with Crippen LogP contribution in [-0.4, -0.2) is 40.3 Å². The molecule has 11 nitrogen and oxygen atoms in total. The van der Waals surface area contributed by atoms with Gasteiger partial charge in [-0.2, -0.15) is 9.86 Å². The summed E-state index contributed by atoms with van der Waals surface area (Å²) >= 11 is 0. The number of hydrogen-bond acceptors (Lipinski definition) is 7. The van der Waals surface area contributed by atoms with Gasteiger partial charge in [0, 0.05) is 5.69 Å². The van der Waals surface area contributed by atoms with E-state index in [1.807, 2.05) is 6.07 Å². The Kier molecular flexibility index (Phi) is 5.37. The van der Waals surface area contributed by atoms with E-state index in [4.69, 9.17) is 0 Å². The highest BCUT2D eigenvalue weighted by Gasteiger charge is 2.33. The molecule has 166 valence electrons.